The normalized spacial score (nSPS) is 10.8. The van der Waals surface area contributed by atoms with Crippen LogP contribution in [0.15, 0.2) is 79.0 Å². The number of carbonyl (C=O) groups is 1. The number of primary amides is 1. The Bertz CT molecular complexity index is 1280. The van der Waals surface area contributed by atoms with Crippen LogP contribution < -0.4 is 16.4 Å². The van der Waals surface area contributed by atoms with E-state index in [4.69, 9.17) is 16.5 Å². The van der Waals surface area contributed by atoms with Gasteiger partial charge in [-0.2, -0.15) is 0 Å². The van der Waals surface area contributed by atoms with Crippen molar-refractivity contribution in [1.82, 2.24) is 9.97 Å². The Kier molecular flexibility index (Phi) is 6.99. The van der Waals surface area contributed by atoms with Gasteiger partial charge in [-0.15, -0.1) is 0 Å². The van der Waals surface area contributed by atoms with Crippen molar-refractivity contribution in [2.24, 2.45) is 11.5 Å². The van der Waals surface area contributed by atoms with E-state index in [0.717, 1.165) is 46.3 Å². The van der Waals surface area contributed by atoms with Crippen LogP contribution in [0.3, 0.4) is 0 Å². The summed E-state index contributed by atoms with van der Waals surface area (Å²) in [4.78, 5) is 24.1. The largest absolute Gasteiger partial charge is 0.351 e. The number of nitrogens with zero attached hydrogens (tertiary/aromatic N) is 3. The summed E-state index contributed by atoms with van der Waals surface area (Å²) in [6, 6.07) is 23.1. The summed E-state index contributed by atoms with van der Waals surface area (Å²) in [7, 11) is 0. The average Bonchev–Trinajstić information content (AvgIpc) is 2.89. The lowest BCUT2D eigenvalue weighted by Crippen LogP contribution is -2.33. The molecule has 6 nitrogen and oxygen atoms in total. The number of nitrogens with two attached hydrogens (primary N) is 2. The van der Waals surface area contributed by atoms with Crippen molar-refractivity contribution < 1.29 is 4.79 Å². The molecular weight excluding hydrogens is 422 g/mol. The molecule has 0 aliphatic heterocycles. The monoisotopic (exact) mass is 451 g/mol. The lowest BCUT2D eigenvalue weighted by atomic mass is 9.99. The minimum Gasteiger partial charge on any atom is -0.351 e. The first kappa shape index (κ1) is 23.1. The molecule has 0 radical (unpaired) electrons. The second-order valence-electron chi connectivity index (χ2n) is 7.96. The quantitative estimate of drug-likeness (QED) is 0.381. The van der Waals surface area contributed by atoms with Crippen molar-refractivity contribution in [3.8, 4) is 22.6 Å². The first-order chi connectivity index (χ1) is 16.6. The van der Waals surface area contributed by atoms with Gasteiger partial charge in [0.2, 0.25) is 0 Å². The van der Waals surface area contributed by atoms with E-state index in [1.165, 1.54) is 0 Å². The van der Waals surface area contributed by atoms with Crippen molar-refractivity contribution >= 4 is 17.4 Å². The van der Waals surface area contributed by atoms with Gasteiger partial charge in [-0.3, -0.25) is 4.90 Å². The molecule has 172 valence electrons. The number of hydrogen-bond acceptors (Lipinski definition) is 4. The SMILES string of the molecule is CCc1cccc(CC)c1N(C(N)=O)c1cnc(-c2ccccc2)nc1-c1ccccc1CN. The van der Waals surface area contributed by atoms with Crippen LogP contribution in [0.2, 0.25) is 0 Å². The number of urea groups is 1. The summed E-state index contributed by atoms with van der Waals surface area (Å²) in [6.07, 6.45) is 3.20. The van der Waals surface area contributed by atoms with E-state index < -0.39 is 6.03 Å². The summed E-state index contributed by atoms with van der Waals surface area (Å²) >= 11 is 0. The molecule has 0 saturated carbocycles. The van der Waals surface area contributed by atoms with E-state index in [0.29, 0.717) is 23.8 Å². The van der Waals surface area contributed by atoms with E-state index in [2.05, 4.69) is 18.8 Å². The molecule has 6 heteroatoms. The molecule has 34 heavy (non-hydrogen) atoms. The first-order valence-electron chi connectivity index (χ1n) is 11.5. The van der Waals surface area contributed by atoms with Crippen LogP contribution in [0.25, 0.3) is 22.6 Å². The zero-order chi connectivity index (χ0) is 24.1. The Morgan fingerprint density at radius 1 is 0.853 bits per heavy atom. The van der Waals surface area contributed by atoms with Crippen molar-refractivity contribution in [2.75, 3.05) is 4.90 Å². The Hall–Kier alpha value is -4.03. The predicted molar refractivity (Wildman–Crippen MR) is 138 cm³/mol. The third-order valence-electron chi connectivity index (χ3n) is 5.94. The molecule has 0 bridgehead atoms. The van der Waals surface area contributed by atoms with Gasteiger partial charge >= 0.3 is 6.03 Å². The number of hydrogen-bond donors (Lipinski definition) is 2. The van der Waals surface area contributed by atoms with Crippen molar-refractivity contribution in [1.29, 1.82) is 0 Å². The Labute approximate surface area is 200 Å². The minimum absolute atomic E-state index is 0.336. The molecule has 0 atom stereocenters. The van der Waals surface area contributed by atoms with Crippen LogP contribution in [0.4, 0.5) is 16.2 Å². The highest BCUT2D eigenvalue weighted by Gasteiger charge is 2.26. The number of anilines is 2. The molecule has 3 aromatic carbocycles. The molecule has 0 aliphatic rings. The average molecular weight is 452 g/mol. The fraction of sp³-hybridized carbons (Fsp3) is 0.179. The van der Waals surface area contributed by atoms with Crippen LogP contribution in [0, 0.1) is 0 Å². The summed E-state index contributed by atoms with van der Waals surface area (Å²) < 4.78 is 0. The van der Waals surface area contributed by atoms with Gasteiger partial charge < -0.3 is 11.5 Å². The number of para-hydroxylation sites is 1. The highest BCUT2D eigenvalue weighted by molar-refractivity contribution is 6.03. The molecule has 0 spiro atoms. The summed E-state index contributed by atoms with van der Waals surface area (Å²) in [5.41, 5.74) is 18.7. The van der Waals surface area contributed by atoms with Gasteiger partial charge in [0.15, 0.2) is 5.82 Å². The third-order valence-corrected chi connectivity index (χ3v) is 5.94. The standard InChI is InChI=1S/C28H29N5O/c1-3-19-14-10-15-20(4-2)26(19)33(28(30)34)24-18-31-27(21-11-6-5-7-12-21)32-25(24)23-16-9-8-13-22(23)17-29/h5-16,18H,3-4,17,29H2,1-2H3,(H2,30,34). The number of benzene rings is 3. The summed E-state index contributed by atoms with van der Waals surface area (Å²) in [6.45, 7) is 4.47. The first-order valence-corrected chi connectivity index (χ1v) is 11.5. The zero-order valence-electron chi connectivity index (χ0n) is 19.5. The van der Waals surface area contributed by atoms with Crippen LogP contribution >= 0.6 is 0 Å². The van der Waals surface area contributed by atoms with Crippen LogP contribution in [0.1, 0.15) is 30.5 Å². The number of aromatic nitrogens is 2. The Morgan fingerprint density at radius 3 is 2.09 bits per heavy atom. The maximum Gasteiger partial charge on any atom is 0.324 e. The number of rotatable bonds is 7. The van der Waals surface area contributed by atoms with E-state index in [-0.39, 0.29) is 0 Å². The van der Waals surface area contributed by atoms with Gasteiger partial charge in [0.1, 0.15) is 0 Å². The highest BCUT2D eigenvalue weighted by Crippen LogP contribution is 2.39. The van der Waals surface area contributed by atoms with Gasteiger partial charge in [-0.25, -0.2) is 14.8 Å². The molecule has 2 amide bonds. The van der Waals surface area contributed by atoms with E-state index in [1.807, 2.05) is 72.8 Å². The van der Waals surface area contributed by atoms with Gasteiger partial charge in [0.25, 0.3) is 0 Å². The molecule has 0 unspecified atom stereocenters. The molecule has 4 rings (SSSR count). The van der Waals surface area contributed by atoms with E-state index in [9.17, 15) is 4.79 Å². The van der Waals surface area contributed by atoms with Gasteiger partial charge in [-0.1, -0.05) is 86.6 Å². The highest BCUT2D eigenvalue weighted by atomic mass is 16.2. The molecule has 0 fully saturated rings. The Balaban J connectivity index is 2.03. The van der Waals surface area contributed by atoms with Crippen molar-refractivity contribution in [2.45, 2.75) is 33.2 Å². The second kappa shape index (κ2) is 10.3. The maximum absolute atomic E-state index is 13.0. The second-order valence-corrected chi connectivity index (χ2v) is 7.96. The lowest BCUT2D eigenvalue weighted by molar-refractivity contribution is 0.256. The third kappa shape index (κ3) is 4.40. The molecular formula is C28H29N5O. The molecule has 1 heterocycles. The fourth-order valence-electron chi connectivity index (χ4n) is 4.24. The lowest BCUT2D eigenvalue weighted by Gasteiger charge is -2.27. The number of carbonyl (C=O) groups excluding carboxylic acids is 1. The minimum atomic E-state index is -0.585. The van der Waals surface area contributed by atoms with Crippen molar-refractivity contribution in [3.05, 3.63) is 95.7 Å². The van der Waals surface area contributed by atoms with E-state index >= 15 is 0 Å². The predicted octanol–water partition coefficient (Wildman–Crippen LogP) is 5.61. The Morgan fingerprint density at radius 2 is 1.47 bits per heavy atom. The van der Waals surface area contributed by atoms with Gasteiger partial charge in [0.05, 0.1) is 23.3 Å². The molecule has 4 N–H and O–H groups in total. The summed E-state index contributed by atoms with van der Waals surface area (Å²) in [5, 5.41) is 0. The van der Waals surface area contributed by atoms with Crippen LogP contribution in [-0.2, 0) is 19.4 Å². The van der Waals surface area contributed by atoms with Crippen LogP contribution in [-0.4, -0.2) is 16.0 Å². The van der Waals surface area contributed by atoms with Crippen molar-refractivity contribution in [3.63, 3.8) is 0 Å². The topological polar surface area (TPSA) is 98.1 Å². The number of amides is 2. The van der Waals surface area contributed by atoms with Gasteiger partial charge in [0, 0.05) is 17.7 Å². The van der Waals surface area contributed by atoms with Gasteiger partial charge in [-0.05, 0) is 29.5 Å². The summed E-state index contributed by atoms with van der Waals surface area (Å²) in [5.74, 6) is 0.565. The molecule has 0 saturated heterocycles. The molecule has 1 aromatic heterocycles. The number of aryl methyl sites for hydroxylation is 2. The zero-order valence-corrected chi connectivity index (χ0v) is 19.5. The molecule has 4 aromatic rings. The maximum atomic E-state index is 13.0. The smallest absolute Gasteiger partial charge is 0.324 e. The van der Waals surface area contributed by atoms with E-state index in [1.54, 1.807) is 11.1 Å². The fourth-order valence-corrected chi connectivity index (χ4v) is 4.24. The van der Waals surface area contributed by atoms with Crippen LogP contribution in [0.5, 0.6) is 0 Å². The molecule has 0 aliphatic carbocycles.